The molecule has 0 aliphatic rings. The highest BCUT2D eigenvalue weighted by atomic mass is 32.1. The van der Waals surface area contributed by atoms with Crippen LogP contribution >= 0.6 is 11.5 Å². The van der Waals surface area contributed by atoms with Gasteiger partial charge in [-0.2, -0.15) is 4.37 Å². The fraction of sp³-hybridized carbons (Fsp3) is 0.250. The molecule has 2 aromatic rings. The number of carbonyl (C=O) groups is 1. The Balaban J connectivity index is 2.24. The van der Waals surface area contributed by atoms with Gasteiger partial charge < -0.3 is 5.32 Å². The van der Waals surface area contributed by atoms with Crippen LogP contribution in [0, 0.1) is 17.0 Å². The lowest BCUT2D eigenvalue weighted by Gasteiger charge is -2.07. The van der Waals surface area contributed by atoms with Crippen LogP contribution in [-0.2, 0) is 0 Å². The Morgan fingerprint density at radius 1 is 1.48 bits per heavy atom. The molecule has 0 saturated heterocycles. The van der Waals surface area contributed by atoms with Crippen molar-refractivity contribution in [3.8, 4) is 0 Å². The maximum Gasteiger partial charge on any atom is 0.292 e. The summed E-state index contributed by atoms with van der Waals surface area (Å²) in [5, 5.41) is 16.8. The highest BCUT2D eigenvalue weighted by Crippen LogP contribution is 2.25. The molecule has 1 amide bonds. The minimum absolute atomic E-state index is 0.0693. The van der Waals surface area contributed by atoms with Gasteiger partial charge in [-0.15, -0.1) is 0 Å². The maximum atomic E-state index is 12.1. The molecule has 9 heteroatoms. The van der Waals surface area contributed by atoms with E-state index in [0.717, 1.165) is 11.5 Å². The van der Waals surface area contributed by atoms with Crippen molar-refractivity contribution in [3.05, 3.63) is 39.7 Å². The molecule has 0 saturated carbocycles. The van der Waals surface area contributed by atoms with Gasteiger partial charge in [0.05, 0.1) is 4.92 Å². The van der Waals surface area contributed by atoms with Crippen LogP contribution in [0.1, 0.15) is 23.1 Å². The molecule has 0 aliphatic carbocycles. The Morgan fingerprint density at radius 2 is 2.24 bits per heavy atom. The molecule has 2 N–H and O–H groups in total. The van der Waals surface area contributed by atoms with Crippen LogP contribution in [0.25, 0.3) is 0 Å². The molecule has 0 radical (unpaired) electrons. The van der Waals surface area contributed by atoms with E-state index in [2.05, 4.69) is 20.0 Å². The number of aryl methyl sites for hydroxylation is 1. The summed E-state index contributed by atoms with van der Waals surface area (Å²) >= 11 is 1.08. The van der Waals surface area contributed by atoms with Gasteiger partial charge in [-0.1, -0.05) is 0 Å². The Bertz CT molecular complexity index is 685. The number of nitro groups is 1. The van der Waals surface area contributed by atoms with Gasteiger partial charge >= 0.3 is 0 Å². The summed E-state index contributed by atoms with van der Waals surface area (Å²) in [4.78, 5) is 26.6. The lowest BCUT2D eigenvalue weighted by molar-refractivity contribution is -0.384. The van der Waals surface area contributed by atoms with E-state index < -0.39 is 4.92 Å². The van der Waals surface area contributed by atoms with Crippen molar-refractivity contribution in [2.24, 2.45) is 0 Å². The first-order chi connectivity index (χ1) is 10.0. The van der Waals surface area contributed by atoms with Crippen molar-refractivity contribution in [1.29, 1.82) is 0 Å². The summed E-state index contributed by atoms with van der Waals surface area (Å²) in [5.74, 6) is 0.188. The van der Waals surface area contributed by atoms with Crippen molar-refractivity contribution >= 4 is 33.9 Å². The average molecular weight is 307 g/mol. The second kappa shape index (κ2) is 6.27. The third-order valence-corrected chi connectivity index (χ3v) is 3.29. The molecule has 1 aromatic carbocycles. The lowest BCUT2D eigenvalue weighted by Crippen LogP contribution is -2.12. The minimum atomic E-state index is -0.492. The molecule has 0 aliphatic heterocycles. The summed E-state index contributed by atoms with van der Waals surface area (Å²) < 4.78 is 3.96. The first kappa shape index (κ1) is 14.9. The van der Waals surface area contributed by atoms with Crippen LogP contribution in [-0.4, -0.2) is 26.7 Å². The van der Waals surface area contributed by atoms with Crippen LogP contribution in [0.3, 0.4) is 0 Å². The van der Waals surface area contributed by atoms with Crippen molar-refractivity contribution < 1.29 is 9.72 Å². The van der Waals surface area contributed by atoms with Gasteiger partial charge in [-0.05, 0) is 26.0 Å². The molecule has 110 valence electrons. The molecule has 1 aromatic heterocycles. The predicted molar refractivity (Wildman–Crippen MR) is 79.9 cm³/mol. The van der Waals surface area contributed by atoms with E-state index in [1.165, 1.54) is 18.2 Å². The second-order valence-electron chi connectivity index (χ2n) is 4.12. The summed E-state index contributed by atoms with van der Waals surface area (Å²) in [7, 11) is 0. The molecule has 1 heterocycles. The number of benzene rings is 1. The fourth-order valence-electron chi connectivity index (χ4n) is 1.69. The maximum absolute atomic E-state index is 12.1. The summed E-state index contributed by atoms with van der Waals surface area (Å²) in [5.41, 5.74) is 0.549. The molecular formula is C12H13N5O3S. The largest absolute Gasteiger partial charge is 0.380 e. The fourth-order valence-corrected chi connectivity index (χ4v) is 2.26. The zero-order valence-corrected chi connectivity index (χ0v) is 12.2. The SMILES string of the molecule is CCNc1cc(C(=O)Nc2nc(C)ns2)ccc1[N+](=O)[O-]. The standard InChI is InChI=1S/C12H13N5O3S/c1-3-13-9-6-8(4-5-10(9)17(19)20)11(18)15-12-14-7(2)16-21-12/h4-6,13H,3H2,1-2H3,(H,14,15,16,18). The Hall–Kier alpha value is -2.55. The van der Waals surface area contributed by atoms with Crippen molar-refractivity contribution in [1.82, 2.24) is 9.36 Å². The van der Waals surface area contributed by atoms with Crippen molar-refractivity contribution in [2.75, 3.05) is 17.2 Å². The number of aromatic nitrogens is 2. The third-order valence-electron chi connectivity index (χ3n) is 2.57. The van der Waals surface area contributed by atoms with Crippen LogP contribution in [0.15, 0.2) is 18.2 Å². The van der Waals surface area contributed by atoms with E-state index in [1.807, 2.05) is 6.92 Å². The minimum Gasteiger partial charge on any atom is -0.380 e. The van der Waals surface area contributed by atoms with Crippen molar-refractivity contribution in [3.63, 3.8) is 0 Å². The number of nitro benzene ring substituents is 1. The van der Waals surface area contributed by atoms with Crippen LogP contribution in [0.5, 0.6) is 0 Å². The van der Waals surface area contributed by atoms with E-state index in [1.54, 1.807) is 6.92 Å². The molecular weight excluding hydrogens is 294 g/mol. The van der Waals surface area contributed by atoms with Crippen LogP contribution < -0.4 is 10.6 Å². The Labute approximate surface area is 124 Å². The van der Waals surface area contributed by atoms with Gasteiger partial charge in [0.15, 0.2) is 0 Å². The molecule has 0 bridgehead atoms. The van der Waals surface area contributed by atoms with E-state index in [9.17, 15) is 14.9 Å². The van der Waals surface area contributed by atoms with Crippen LogP contribution in [0.4, 0.5) is 16.5 Å². The number of hydrogen-bond acceptors (Lipinski definition) is 7. The first-order valence-corrected chi connectivity index (χ1v) is 6.92. The van der Waals surface area contributed by atoms with E-state index in [0.29, 0.717) is 28.8 Å². The molecule has 0 spiro atoms. The highest BCUT2D eigenvalue weighted by molar-refractivity contribution is 7.09. The molecule has 0 fully saturated rings. The van der Waals surface area contributed by atoms with Crippen LogP contribution in [0.2, 0.25) is 0 Å². The monoisotopic (exact) mass is 307 g/mol. The van der Waals surface area contributed by atoms with Gasteiger partial charge in [0.1, 0.15) is 11.5 Å². The van der Waals surface area contributed by atoms with Gasteiger partial charge in [-0.3, -0.25) is 20.2 Å². The average Bonchev–Trinajstić information content (AvgIpc) is 2.84. The molecule has 2 rings (SSSR count). The van der Waals surface area contributed by atoms with Gasteiger partial charge in [0.2, 0.25) is 5.13 Å². The highest BCUT2D eigenvalue weighted by Gasteiger charge is 2.17. The lowest BCUT2D eigenvalue weighted by atomic mass is 10.1. The summed E-state index contributed by atoms with van der Waals surface area (Å²) in [6, 6.07) is 4.16. The summed E-state index contributed by atoms with van der Waals surface area (Å²) in [6.45, 7) is 4.06. The number of amides is 1. The van der Waals surface area contributed by atoms with E-state index >= 15 is 0 Å². The number of hydrogen-bond donors (Lipinski definition) is 2. The quantitative estimate of drug-likeness (QED) is 0.648. The van der Waals surface area contributed by atoms with Crippen molar-refractivity contribution in [2.45, 2.75) is 13.8 Å². The Kier molecular flexibility index (Phi) is 4.43. The van der Waals surface area contributed by atoms with E-state index in [-0.39, 0.29) is 11.6 Å². The third kappa shape index (κ3) is 3.51. The van der Waals surface area contributed by atoms with Gasteiger partial charge in [-0.25, -0.2) is 4.98 Å². The second-order valence-corrected chi connectivity index (χ2v) is 4.87. The van der Waals surface area contributed by atoms with Gasteiger partial charge in [0.25, 0.3) is 11.6 Å². The normalized spacial score (nSPS) is 10.2. The molecule has 0 atom stereocenters. The number of carbonyl (C=O) groups excluding carboxylic acids is 1. The molecule has 0 unspecified atom stereocenters. The molecule has 8 nitrogen and oxygen atoms in total. The first-order valence-electron chi connectivity index (χ1n) is 6.15. The number of rotatable bonds is 5. The molecule has 21 heavy (non-hydrogen) atoms. The Morgan fingerprint density at radius 3 is 2.81 bits per heavy atom. The van der Waals surface area contributed by atoms with E-state index in [4.69, 9.17) is 0 Å². The number of anilines is 2. The topological polar surface area (TPSA) is 110 Å². The zero-order chi connectivity index (χ0) is 15.4. The number of nitrogens with zero attached hydrogens (tertiary/aromatic N) is 3. The summed E-state index contributed by atoms with van der Waals surface area (Å²) in [6.07, 6.45) is 0. The smallest absolute Gasteiger partial charge is 0.292 e. The zero-order valence-electron chi connectivity index (χ0n) is 11.4. The number of nitrogens with one attached hydrogen (secondary N) is 2. The predicted octanol–water partition coefficient (Wildman–Crippen LogP) is 2.44. The van der Waals surface area contributed by atoms with Gasteiger partial charge in [0, 0.05) is 29.7 Å².